The van der Waals surface area contributed by atoms with Crippen LogP contribution in [0.25, 0.3) is 0 Å². The monoisotopic (exact) mass is 187 g/mol. The second-order valence-corrected chi connectivity index (χ2v) is 3.18. The van der Waals surface area contributed by atoms with E-state index in [1.165, 1.54) is 0 Å². The minimum absolute atomic E-state index is 0.0176. The number of likely N-dealkylation sites (tertiary alicyclic amines) is 1. The highest BCUT2D eigenvalue weighted by molar-refractivity contribution is 5.74. The van der Waals surface area contributed by atoms with Gasteiger partial charge in [-0.05, 0) is 19.4 Å². The predicted molar refractivity (Wildman–Crippen MR) is 44.5 cm³/mol. The second kappa shape index (κ2) is 4.23. The zero-order valence-electron chi connectivity index (χ0n) is 7.27. The molecule has 0 spiro atoms. The second-order valence-electron chi connectivity index (χ2n) is 3.18. The van der Waals surface area contributed by atoms with Gasteiger partial charge in [-0.25, -0.2) is 0 Å². The van der Waals surface area contributed by atoms with E-state index in [9.17, 15) is 9.59 Å². The molecule has 1 saturated heterocycles. The van der Waals surface area contributed by atoms with Gasteiger partial charge < -0.3 is 10.2 Å². The van der Waals surface area contributed by atoms with E-state index in [0.29, 0.717) is 19.5 Å². The molecule has 0 saturated carbocycles. The van der Waals surface area contributed by atoms with Gasteiger partial charge in [-0.15, -0.1) is 0 Å². The Hall–Kier alpha value is -1.10. The lowest BCUT2D eigenvalue weighted by Crippen LogP contribution is -2.37. The highest BCUT2D eigenvalue weighted by Crippen LogP contribution is 2.17. The molecule has 5 heteroatoms. The normalized spacial score (nSPS) is 23.2. The van der Waals surface area contributed by atoms with E-state index < -0.39 is 18.0 Å². The zero-order chi connectivity index (χ0) is 9.84. The third-order valence-electron chi connectivity index (χ3n) is 2.26. The van der Waals surface area contributed by atoms with Crippen LogP contribution in [0.15, 0.2) is 0 Å². The lowest BCUT2D eigenvalue weighted by molar-refractivity contribution is -0.143. The van der Waals surface area contributed by atoms with Crippen LogP contribution in [-0.2, 0) is 9.59 Å². The number of hydrogen-bond donors (Lipinski definition) is 2. The van der Waals surface area contributed by atoms with Crippen molar-refractivity contribution in [2.75, 3.05) is 13.1 Å². The van der Waals surface area contributed by atoms with Crippen LogP contribution < -0.4 is 0 Å². The molecule has 74 valence electrons. The molecular weight excluding hydrogens is 174 g/mol. The van der Waals surface area contributed by atoms with Crippen LogP contribution in [0, 0.1) is 0 Å². The molecule has 1 rings (SSSR count). The Labute approximate surface area is 76.0 Å². The molecule has 0 amide bonds. The first-order valence-electron chi connectivity index (χ1n) is 4.30. The van der Waals surface area contributed by atoms with E-state index in [-0.39, 0.29) is 6.42 Å². The Balaban J connectivity index is 2.39. The summed E-state index contributed by atoms with van der Waals surface area (Å²) in [5.41, 5.74) is 0. The van der Waals surface area contributed by atoms with Crippen molar-refractivity contribution in [2.45, 2.75) is 25.3 Å². The van der Waals surface area contributed by atoms with Gasteiger partial charge in [-0.3, -0.25) is 14.5 Å². The van der Waals surface area contributed by atoms with Crippen LogP contribution in [0.4, 0.5) is 0 Å². The summed E-state index contributed by atoms with van der Waals surface area (Å²) in [5.74, 6) is -1.72. The van der Waals surface area contributed by atoms with Crippen LogP contribution in [0.5, 0.6) is 0 Å². The molecule has 1 heterocycles. The molecule has 0 aromatic carbocycles. The van der Waals surface area contributed by atoms with Gasteiger partial charge in [0.25, 0.3) is 0 Å². The number of carbonyl (C=O) groups is 2. The van der Waals surface area contributed by atoms with Gasteiger partial charge in [0, 0.05) is 6.54 Å². The van der Waals surface area contributed by atoms with Crippen LogP contribution >= 0.6 is 0 Å². The summed E-state index contributed by atoms with van der Waals surface area (Å²) >= 11 is 0. The molecule has 1 fully saturated rings. The molecule has 1 aliphatic rings. The largest absolute Gasteiger partial charge is 0.481 e. The van der Waals surface area contributed by atoms with Crippen molar-refractivity contribution in [3.05, 3.63) is 0 Å². The Morgan fingerprint density at radius 3 is 2.62 bits per heavy atom. The van der Waals surface area contributed by atoms with Crippen molar-refractivity contribution in [1.82, 2.24) is 4.90 Å². The fourth-order valence-electron chi connectivity index (χ4n) is 1.61. The van der Waals surface area contributed by atoms with Crippen molar-refractivity contribution < 1.29 is 19.8 Å². The Kier molecular flexibility index (Phi) is 3.25. The molecule has 1 atom stereocenters. The van der Waals surface area contributed by atoms with Crippen molar-refractivity contribution in [2.24, 2.45) is 0 Å². The summed E-state index contributed by atoms with van der Waals surface area (Å²) in [7, 11) is 0. The summed E-state index contributed by atoms with van der Waals surface area (Å²) in [5, 5.41) is 17.2. The van der Waals surface area contributed by atoms with E-state index in [1.54, 1.807) is 4.90 Å². The van der Waals surface area contributed by atoms with E-state index >= 15 is 0 Å². The molecule has 13 heavy (non-hydrogen) atoms. The van der Waals surface area contributed by atoms with Gasteiger partial charge in [0.1, 0.15) is 6.04 Å². The molecule has 0 bridgehead atoms. The third kappa shape index (κ3) is 2.69. The number of hydrogen-bond acceptors (Lipinski definition) is 3. The first-order valence-corrected chi connectivity index (χ1v) is 4.30. The number of carboxylic acids is 2. The van der Waals surface area contributed by atoms with Crippen molar-refractivity contribution in [1.29, 1.82) is 0 Å². The van der Waals surface area contributed by atoms with Crippen LogP contribution in [0.3, 0.4) is 0 Å². The molecule has 5 nitrogen and oxygen atoms in total. The van der Waals surface area contributed by atoms with Gasteiger partial charge in [0.2, 0.25) is 0 Å². The molecular formula is C8H13NO4. The molecule has 1 aliphatic heterocycles. The highest BCUT2D eigenvalue weighted by atomic mass is 16.4. The fraction of sp³-hybridized carbons (Fsp3) is 0.750. The summed E-state index contributed by atoms with van der Waals surface area (Å²) in [6, 6.07) is -0.473. The lowest BCUT2D eigenvalue weighted by atomic mass is 10.2. The smallest absolute Gasteiger partial charge is 0.320 e. The molecule has 0 aromatic heterocycles. The fourth-order valence-corrected chi connectivity index (χ4v) is 1.61. The maximum absolute atomic E-state index is 10.7. The van der Waals surface area contributed by atoms with Crippen molar-refractivity contribution >= 4 is 11.9 Å². The molecule has 0 radical (unpaired) electrons. The molecule has 0 aliphatic carbocycles. The van der Waals surface area contributed by atoms with Gasteiger partial charge in [0.05, 0.1) is 6.42 Å². The minimum Gasteiger partial charge on any atom is -0.481 e. The first kappa shape index (κ1) is 9.98. The SMILES string of the molecule is O=C(O)CCN1CCC[C@H]1C(=O)O. The average molecular weight is 187 g/mol. The standard InChI is InChI=1S/C8H13NO4/c10-7(11)3-5-9-4-1-2-6(9)8(12)13/h6H,1-5H2,(H,10,11)(H,12,13)/t6-/m0/s1. The Morgan fingerprint density at radius 1 is 1.38 bits per heavy atom. The van der Waals surface area contributed by atoms with Gasteiger partial charge >= 0.3 is 11.9 Å². The molecule has 2 N–H and O–H groups in total. The minimum atomic E-state index is -0.879. The number of nitrogens with zero attached hydrogens (tertiary/aromatic N) is 1. The maximum Gasteiger partial charge on any atom is 0.320 e. The van der Waals surface area contributed by atoms with Crippen LogP contribution in [-0.4, -0.2) is 46.2 Å². The molecule has 0 aromatic rings. The van der Waals surface area contributed by atoms with Crippen molar-refractivity contribution in [3.63, 3.8) is 0 Å². The highest BCUT2D eigenvalue weighted by Gasteiger charge is 2.30. The summed E-state index contributed by atoms with van der Waals surface area (Å²) in [6.07, 6.45) is 1.50. The van der Waals surface area contributed by atoms with E-state index in [0.717, 1.165) is 6.42 Å². The quantitative estimate of drug-likeness (QED) is 0.648. The topological polar surface area (TPSA) is 77.8 Å². The number of carboxylic acid groups (broad SMARTS) is 2. The van der Waals surface area contributed by atoms with E-state index in [2.05, 4.69) is 0 Å². The summed E-state index contributed by atoms with van der Waals surface area (Å²) in [4.78, 5) is 22.6. The van der Waals surface area contributed by atoms with E-state index in [1.807, 2.05) is 0 Å². The van der Waals surface area contributed by atoms with Crippen molar-refractivity contribution in [3.8, 4) is 0 Å². The Bertz CT molecular complexity index is 216. The predicted octanol–water partition coefficient (Wildman–Crippen LogP) is 0.0101. The third-order valence-corrected chi connectivity index (χ3v) is 2.26. The number of aliphatic carboxylic acids is 2. The summed E-state index contributed by atoms with van der Waals surface area (Å²) in [6.45, 7) is 1.04. The lowest BCUT2D eigenvalue weighted by Gasteiger charge is -2.19. The van der Waals surface area contributed by atoms with Gasteiger partial charge in [-0.2, -0.15) is 0 Å². The van der Waals surface area contributed by atoms with E-state index in [4.69, 9.17) is 10.2 Å². The Morgan fingerprint density at radius 2 is 2.08 bits per heavy atom. The van der Waals surface area contributed by atoms with Gasteiger partial charge in [0.15, 0.2) is 0 Å². The number of rotatable bonds is 4. The maximum atomic E-state index is 10.7. The van der Waals surface area contributed by atoms with Gasteiger partial charge in [-0.1, -0.05) is 0 Å². The summed E-state index contributed by atoms with van der Waals surface area (Å²) < 4.78 is 0. The van der Waals surface area contributed by atoms with Crippen LogP contribution in [0.1, 0.15) is 19.3 Å². The van der Waals surface area contributed by atoms with Crippen LogP contribution in [0.2, 0.25) is 0 Å². The zero-order valence-corrected chi connectivity index (χ0v) is 7.27. The average Bonchev–Trinajstić information content (AvgIpc) is 2.47. The molecule has 0 unspecified atom stereocenters. The first-order chi connectivity index (χ1) is 6.11.